The summed E-state index contributed by atoms with van der Waals surface area (Å²) in [7, 11) is 0. The molecule has 2 nitrogen and oxygen atoms in total. The van der Waals surface area contributed by atoms with Gasteiger partial charge in [0.25, 0.3) is 0 Å². The molecule has 0 spiro atoms. The van der Waals surface area contributed by atoms with Crippen molar-refractivity contribution in [3.63, 3.8) is 0 Å². The minimum atomic E-state index is -0.185. The van der Waals surface area contributed by atoms with E-state index in [0.29, 0.717) is 5.58 Å². The third-order valence-corrected chi connectivity index (χ3v) is 2.98. The zero-order chi connectivity index (χ0) is 11.7. The van der Waals surface area contributed by atoms with E-state index in [1.54, 1.807) is 0 Å². The molecule has 0 fully saturated rings. The quantitative estimate of drug-likeness (QED) is 0.721. The third-order valence-electron chi connectivity index (χ3n) is 2.98. The van der Waals surface area contributed by atoms with E-state index in [1.165, 1.54) is 5.56 Å². The van der Waals surface area contributed by atoms with Crippen LogP contribution >= 0.6 is 0 Å². The Morgan fingerprint density at radius 1 is 1.12 bits per heavy atom. The summed E-state index contributed by atoms with van der Waals surface area (Å²) in [5.74, 6) is 0. The van der Waals surface area contributed by atoms with Crippen LogP contribution in [0.3, 0.4) is 0 Å². The Balaban J connectivity index is 2.92. The van der Waals surface area contributed by atoms with Gasteiger partial charge in [-0.15, -0.1) is 0 Å². The van der Waals surface area contributed by atoms with Crippen molar-refractivity contribution in [2.45, 2.75) is 33.6 Å². The van der Waals surface area contributed by atoms with Gasteiger partial charge in [0, 0.05) is 10.9 Å². The van der Waals surface area contributed by atoms with E-state index in [9.17, 15) is 4.79 Å². The van der Waals surface area contributed by atoms with Crippen LogP contribution < -0.4 is 5.63 Å². The average Bonchev–Trinajstić information content (AvgIpc) is 2.28. The minimum absolute atomic E-state index is 0.185. The molecule has 1 aromatic carbocycles. The standard InChI is InChI=1S/C14H16O2/c1-4-10-11(5-2)14(15)16-13-7-6-9(3)8-12(10)13/h6-8H,4-5H2,1-3H3. The first-order valence-corrected chi connectivity index (χ1v) is 5.72. The van der Waals surface area contributed by atoms with Gasteiger partial charge in [0.15, 0.2) is 0 Å². The van der Waals surface area contributed by atoms with Gasteiger partial charge in [-0.05, 0) is 37.5 Å². The zero-order valence-electron chi connectivity index (χ0n) is 9.96. The smallest absolute Gasteiger partial charge is 0.339 e. The molecule has 0 unspecified atom stereocenters. The lowest BCUT2D eigenvalue weighted by atomic mass is 9.99. The second-order valence-corrected chi connectivity index (χ2v) is 4.05. The van der Waals surface area contributed by atoms with Crippen molar-refractivity contribution in [1.82, 2.24) is 0 Å². The summed E-state index contributed by atoms with van der Waals surface area (Å²) in [6.45, 7) is 6.12. The summed E-state index contributed by atoms with van der Waals surface area (Å²) in [5.41, 5.74) is 3.66. The van der Waals surface area contributed by atoms with Gasteiger partial charge in [-0.3, -0.25) is 0 Å². The van der Waals surface area contributed by atoms with Gasteiger partial charge in [-0.2, -0.15) is 0 Å². The molecule has 0 radical (unpaired) electrons. The summed E-state index contributed by atoms with van der Waals surface area (Å²) < 4.78 is 5.33. The first-order valence-electron chi connectivity index (χ1n) is 5.72. The molecular weight excluding hydrogens is 200 g/mol. The maximum absolute atomic E-state index is 11.8. The fraction of sp³-hybridized carbons (Fsp3) is 0.357. The lowest BCUT2D eigenvalue weighted by molar-refractivity contribution is 0.548. The Hall–Kier alpha value is -1.57. The summed E-state index contributed by atoms with van der Waals surface area (Å²) in [6, 6.07) is 5.94. The van der Waals surface area contributed by atoms with Crippen molar-refractivity contribution in [3.05, 3.63) is 45.3 Å². The molecule has 16 heavy (non-hydrogen) atoms. The monoisotopic (exact) mass is 216 g/mol. The maximum Gasteiger partial charge on any atom is 0.339 e. The normalized spacial score (nSPS) is 10.9. The average molecular weight is 216 g/mol. The number of hydrogen-bond acceptors (Lipinski definition) is 2. The fourth-order valence-corrected chi connectivity index (χ4v) is 2.18. The van der Waals surface area contributed by atoms with Crippen molar-refractivity contribution in [2.75, 3.05) is 0 Å². The summed E-state index contributed by atoms with van der Waals surface area (Å²) in [6.07, 6.45) is 1.60. The number of fused-ring (bicyclic) bond motifs is 1. The molecule has 0 N–H and O–H groups in total. The van der Waals surface area contributed by atoms with Crippen molar-refractivity contribution >= 4 is 11.0 Å². The van der Waals surface area contributed by atoms with Crippen LogP contribution in [0.15, 0.2) is 27.4 Å². The van der Waals surface area contributed by atoms with Gasteiger partial charge in [-0.25, -0.2) is 4.79 Å². The highest BCUT2D eigenvalue weighted by Crippen LogP contribution is 2.22. The molecule has 2 rings (SSSR count). The van der Waals surface area contributed by atoms with Crippen LogP contribution in [0, 0.1) is 6.92 Å². The highest BCUT2D eigenvalue weighted by atomic mass is 16.4. The molecule has 0 aliphatic heterocycles. The second-order valence-electron chi connectivity index (χ2n) is 4.05. The Morgan fingerprint density at radius 2 is 1.81 bits per heavy atom. The van der Waals surface area contributed by atoms with Crippen molar-refractivity contribution < 1.29 is 4.42 Å². The van der Waals surface area contributed by atoms with Crippen LogP contribution in [0.2, 0.25) is 0 Å². The minimum Gasteiger partial charge on any atom is -0.423 e. The first kappa shape index (κ1) is 10.9. The lowest BCUT2D eigenvalue weighted by Gasteiger charge is -2.08. The van der Waals surface area contributed by atoms with E-state index in [4.69, 9.17) is 4.42 Å². The van der Waals surface area contributed by atoms with Crippen molar-refractivity contribution in [2.24, 2.45) is 0 Å². The molecule has 84 valence electrons. The second kappa shape index (κ2) is 4.12. The van der Waals surface area contributed by atoms with Crippen LogP contribution in [0.1, 0.15) is 30.5 Å². The first-order chi connectivity index (χ1) is 7.67. The fourth-order valence-electron chi connectivity index (χ4n) is 2.18. The van der Waals surface area contributed by atoms with E-state index in [2.05, 4.69) is 19.9 Å². The van der Waals surface area contributed by atoms with Gasteiger partial charge in [0.05, 0.1) is 0 Å². The van der Waals surface area contributed by atoms with E-state index in [0.717, 1.165) is 29.4 Å². The van der Waals surface area contributed by atoms with Crippen LogP contribution in [-0.2, 0) is 12.8 Å². The van der Waals surface area contributed by atoms with Gasteiger partial charge in [0.1, 0.15) is 5.58 Å². The van der Waals surface area contributed by atoms with Crippen LogP contribution in [0.25, 0.3) is 11.0 Å². The van der Waals surface area contributed by atoms with Crippen LogP contribution in [0.5, 0.6) is 0 Å². The summed E-state index contributed by atoms with van der Waals surface area (Å²) in [5, 5.41) is 1.08. The van der Waals surface area contributed by atoms with Gasteiger partial charge in [-0.1, -0.05) is 25.5 Å². The SMILES string of the molecule is CCc1c(CC)c2cc(C)ccc2oc1=O. The van der Waals surface area contributed by atoms with Gasteiger partial charge < -0.3 is 4.42 Å². The number of hydrogen-bond donors (Lipinski definition) is 0. The van der Waals surface area contributed by atoms with E-state index in [1.807, 2.05) is 19.1 Å². The van der Waals surface area contributed by atoms with E-state index in [-0.39, 0.29) is 5.63 Å². The summed E-state index contributed by atoms with van der Waals surface area (Å²) in [4.78, 5) is 11.8. The Labute approximate surface area is 94.9 Å². The highest BCUT2D eigenvalue weighted by molar-refractivity contribution is 5.82. The van der Waals surface area contributed by atoms with E-state index < -0.39 is 0 Å². The predicted molar refractivity (Wildman–Crippen MR) is 66.0 cm³/mol. The van der Waals surface area contributed by atoms with Gasteiger partial charge >= 0.3 is 5.63 Å². The highest BCUT2D eigenvalue weighted by Gasteiger charge is 2.11. The van der Waals surface area contributed by atoms with Crippen LogP contribution in [0.4, 0.5) is 0 Å². The molecule has 2 aromatic rings. The largest absolute Gasteiger partial charge is 0.423 e. The maximum atomic E-state index is 11.8. The number of rotatable bonds is 2. The zero-order valence-corrected chi connectivity index (χ0v) is 9.96. The molecule has 0 atom stereocenters. The molecule has 1 aromatic heterocycles. The number of benzene rings is 1. The van der Waals surface area contributed by atoms with Crippen LogP contribution in [-0.4, -0.2) is 0 Å². The molecule has 0 amide bonds. The third kappa shape index (κ3) is 1.64. The Kier molecular flexibility index (Phi) is 2.82. The molecule has 0 saturated carbocycles. The molecule has 0 aliphatic carbocycles. The topological polar surface area (TPSA) is 30.2 Å². The molecular formula is C14H16O2. The molecule has 0 bridgehead atoms. The summed E-state index contributed by atoms with van der Waals surface area (Å²) >= 11 is 0. The Morgan fingerprint density at radius 3 is 2.44 bits per heavy atom. The lowest BCUT2D eigenvalue weighted by Crippen LogP contribution is -2.10. The molecule has 2 heteroatoms. The number of aryl methyl sites for hydroxylation is 2. The van der Waals surface area contributed by atoms with Crippen molar-refractivity contribution in [3.8, 4) is 0 Å². The molecule has 0 aliphatic rings. The Bertz CT molecular complexity index is 579. The predicted octanol–water partition coefficient (Wildman–Crippen LogP) is 3.23. The molecule has 1 heterocycles. The molecule has 0 saturated heterocycles. The van der Waals surface area contributed by atoms with Crippen molar-refractivity contribution in [1.29, 1.82) is 0 Å². The van der Waals surface area contributed by atoms with Gasteiger partial charge in [0.2, 0.25) is 0 Å². The van der Waals surface area contributed by atoms with E-state index >= 15 is 0 Å².